The highest BCUT2D eigenvalue weighted by Crippen LogP contribution is 2.37. The second-order valence-electron chi connectivity index (χ2n) is 8.45. The molecule has 7 heteroatoms. The van der Waals surface area contributed by atoms with Crippen molar-refractivity contribution in [3.05, 3.63) is 54.1 Å². The van der Waals surface area contributed by atoms with Crippen molar-refractivity contribution in [1.82, 2.24) is 9.80 Å². The molecule has 2 atom stereocenters. The van der Waals surface area contributed by atoms with Gasteiger partial charge in [0, 0.05) is 44.4 Å². The number of carbonyl (C=O) groups excluding carboxylic acids is 2. The summed E-state index contributed by atoms with van der Waals surface area (Å²) < 4.78 is 11.2. The Balaban J connectivity index is 1.34. The van der Waals surface area contributed by atoms with Gasteiger partial charge in [-0.05, 0) is 24.7 Å². The lowest BCUT2D eigenvalue weighted by Gasteiger charge is -2.41. The highest BCUT2D eigenvalue weighted by atomic mass is 16.6. The molecule has 2 amide bonds. The molecule has 0 N–H and O–H groups in total. The van der Waals surface area contributed by atoms with Gasteiger partial charge in [0.2, 0.25) is 11.8 Å². The minimum atomic E-state index is -0.338. The van der Waals surface area contributed by atoms with Crippen molar-refractivity contribution >= 4 is 17.5 Å². The van der Waals surface area contributed by atoms with Crippen LogP contribution in [0.4, 0.5) is 5.69 Å². The van der Waals surface area contributed by atoms with Crippen molar-refractivity contribution in [2.45, 2.75) is 12.5 Å². The zero-order valence-corrected chi connectivity index (χ0v) is 17.7. The molecule has 0 aromatic heterocycles. The minimum absolute atomic E-state index is 0.00546. The molecule has 3 aliphatic heterocycles. The van der Waals surface area contributed by atoms with E-state index < -0.39 is 0 Å². The highest BCUT2D eigenvalue weighted by molar-refractivity contribution is 6.00. The van der Waals surface area contributed by atoms with E-state index >= 15 is 0 Å². The van der Waals surface area contributed by atoms with E-state index in [1.54, 1.807) is 4.90 Å². The maximum Gasteiger partial charge on any atom is 0.228 e. The van der Waals surface area contributed by atoms with E-state index in [0.717, 1.165) is 24.3 Å². The van der Waals surface area contributed by atoms with Crippen LogP contribution in [0.2, 0.25) is 0 Å². The summed E-state index contributed by atoms with van der Waals surface area (Å²) >= 11 is 0. The van der Waals surface area contributed by atoms with Gasteiger partial charge in [0.05, 0.1) is 12.0 Å². The van der Waals surface area contributed by atoms with Gasteiger partial charge in [-0.25, -0.2) is 0 Å². The zero-order valence-electron chi connectivity index (χ0n) is 17.7. The van der Waals surface area contributed by atoms with Crippen molar-refractivity contribution in [2.75, 3.05) is 51.3 Å². The first kappa shape index (κ1) is 19.9. The molecular weight excluding hydrogens is 394 g/mol. The number of rotatable bonds is 3. The SMILES string of the molecule is CN1CCN(C(=O)[C@H]2CC(=O)N(c3ccc4c(c3)OCCO4)C2)[C@H](c2ccccc2)C1. The molecule has 162 valence electrons. The first-order valence-corrected chi connectivity index (χ1v) is 10.8. The lowest BCUT2D eigenvalue weighted by Crippen LogP contribution is -2.51. The van der Waals surface area contributed by atoms with Crippen LogP contribution in [-0.4, -0.2) is 68.1 Å². The van der Waals surface area contributed by atoms with Crippen molar-refractivity contribution in [3.63, 3.8) is 0 Å². The van der Waals surface area contributed by atoms with E-state index in [1.807, 2.05) is 41.3 Å². The molecule has 3 heterocycles. The normalized spacial score (nSPS) is 23.8. The van der Waals surface area contributed by atoms with Crippen LogP contribution in [0.5, 0.6) is 11.5 Å². The number of hydrogen-bond donors (Lipinski definition) is 0. The molecule has 2 fully saturated rings. The number of anilines is 1. The van der Waals surface area contributed by atoms with Crippen LogP contribution in [0.15, 0.2) is 48.5 Å². The molecule has 7 nitrogen and oxygen atoms in total. The van der Waals surface area contributed by atoms with E-state index in [4.69, 9.17) is 9.47 Å². The van der Waals surface area contributed by atoms with Crippen LogP contribution in [0, 0.1) is 5.92 Å². The van der Waals surface area contributed by atoms with Gasteiger partial charge in [0.25, 0.3) is 0 Å². The third-order valence-corrected chi connectivity index (χ3v) is 6.36. The number of carbonyl (C=O) groups is 2. The number of likely N-dealkylation sites (N-methyl/N-ethyl adjacent to an activating group) is 1. The second-order valence-corrected chi connectivity index (χ2v) is 8.45. The Labute approximate surface area is 182 Å². The quantitative estimate of drug-likeness (QED) is 0.761. The average molecular weight is 421 g/mol. The van der Waals surface area contributed by atoms with E-state index in [-0.39, 0.29) is 30.2 Å². The number of fused-ring (bicyclic) bond motifs is 1. The summed E-state index contributed by atoms with van der Waals surface area (Å²) in [5, 5.41) is 0. The Bertz CT molecular complexity index is 980. The third-order valence-electron chi connectivity index (χ3n) is 6.36. The fraction of sp³-hybridized carbons (Fsp3) is 0.417. The summed E-state index contributed by atoms with van der Waals surface area (Å²) in [5.41, 5.74) is 1.89. The molecule has 3 aliphatic rings. The van der Waals surface area contributed by atoms with Gasteiger partial charge in [-0.2, -0.15) is 0 Å². The fourth-order valence-corrected chi connectivity index (χ4v) is 4.70. The number of benzene rings is 2. The first-order valence-electron chi connectivity index (χ1n) is 10.8. The van der Waals surface area contributed by atoms with Gasteiger partial charge >= 0.3 is 0 Å². The summed E-state index contributed by atoms with van der Waals surface area (Å²) in [6, 6.07) is 15.7. The molecule has 5 rings (SSSR count). The van der Waals surface area contributed by atoms with Crippen molar-refractivity contribution in [3.8, 4) is 11.5 Å². The van der Waals surface area contributed by atoms with Crippen LogP contribution in [-0.2, 0) is 9.59 Å². The van der Waals surface area contributed by atoms with Crippen LogP contribution < -0.4 is 14.4 Å². The van der Waals surface area contributed by atoms with Crippen molar-refractivity contribution in [2.24, 2.45) is 5.92 Å². The van der Waals surface area contributed by atoms with Gasteiger partial charge < -0.3 is 24.2 Å². The zero-order chi connectivity index (χ0) is 21.4. The van der Waals surface area contributed by atoms with E-state index in [0.29, 0.717) is 37.8 Å². The predicted octanol–water partition coefficient (Wildman–Crippen LogP) is 2.33. The van der Waals surface area contributed by atoms with Crippen LogP contribution in [0.25, 0.3) is 0 Å². The average Bonchev–Trinajstić information content (AvgIpc) is 3.20. The number of hydrogen-bond acceptors (Lipinski definition) is 5. The molecule has 0 spiro atoms. The summed E-state index contributed by atoms with van der Waals surface area (Å²) in [5.74, 6) is 1.04. The number of nitrogens with zero attached hydrogens (tertiary/aromatic N) is 3. The van der Waals surface area contributed by atoms with Crippen molar-refractivity contribution < 1.29 is 19.1 Å². The molecule has 31 heavy (non-hydrogen) atoms. The molecule has 0 unspecified atom stereocenters. The third kappa shape index (κ3) is 3.85. The summed E-state index contributed by atoms with van der Waals surface area (Å²) in [4.78, 5) is 32.3. The Morgan fingerprint density at radius 1 is 0.968 bits per heavy atom. The fourth-order valence-electron chi connectivity index (χ4n) is 4.70. The molecule has 0 bridgehead atoms. The van der Waals surface area contributed by atoms with Crippen LogP contribution in [0.1, 0.15) is 18.0 Å². The number of piperazine rings is 1. The number of ether oxygens (including phenoxy) is 2. The number of amides is 2. The minimum Gasteiger partial charge on any atom is -0.486 e. The van der Waals surface area contributed by atoms with Gasteiger partial charge in [0.15, 0.2) is 11.5 Å². The molecule has 0 saturated carbocycles. The van der Waals surface area contributed by atoms with Gasteiger partial charge in [0.1, 0.15) is 13.2 Å². The topological polar surface area (TPSA) is 62.3 Å². The molecule has 2 aromatic rings. The van der Waals surface area contributed by atoms with Gasteiger partial charge in [-0.3, -0.25) is 9.59 Å². The summed E-state index contributed by atoms with van der Waals surface area (Å²) in [6.45, 7) is 3.72. The Hall–Kier alpha value is -3.06. The molecule has 0 aliphatic carbocycles. The predicted molar refractivity (Wildman–Crippen MR) is 116 cm³/mol. The lowest BCUT2D eigenvalue weighted by molar-refractivity contribution is -0.140. The standard InChI is InChI=1S/C24H27N3O4/c1-25-9-10-26(20(16-25)17-5-3-2-4-6-17)24(29)18-13-23(28)27(15-18)19-7-8-21-22(14-19)31-12-11-30-21/h2-8,14,18,20H,9-13,15-16H2,1H3/t18-,20-/m0/s1. The van der Waals surface area contributed by atoms with Crippen LogP contribution in [0.3, 0.4) is 0 Å². The highest BCUT2D eigenvalue weighted by Gasteiger charge is 2.40. The van der Waals surface area contributed by atoms with Gasteiger partial charge in [-0.15, -0.1) is 0 Å². The first-order chi connectivity index (χ1) is 15.1. The second kappa shape index (κ2) is 8.23. The maximum absolute atomic E-state index is 13.5. The Morgan fingerprint density at radius 3 is 2.55 bits per heavy atom. The Morgan fingerprint density at radius 2 is 1.74 bits per heavy atom. The monoisotopic (exact) mass is 421 g/mol. The van der Waals surface area contributed by atoms with E-state index in [9.17, 15) is 9.59 Å². The van der Waals surface area contributed by atoms with Gasteiger partial charge in [-0.1, -0.05) is 30.3 Å². The van der Waals surface area contributed by atoms with E-state index in [1.165, 1.54) is 0 Å². The molecule has 0 radical (unpaired) electrons. The molecular formula is C24H27N3O4. The van der Waals surface area contributed by atoms with Crippen LogP contribution >= 0.6 is 0 Å². The summed E-state index contributed by atoms with van der Waals surface area (Å²) in [6.07, 6.45) is 0.237. The largest absolute Gasteiger partial charge is 0.486 e. The lowest BCUT2D eigenvalue weighted by atomic mass is 9.99. The van der Waals surface area contributed by atoms with E-state index in [2.05, 4.69) is 24.1 Å². The molecule has 2 saturated heterocycles. The smallest absolute Gasteiger partial charge is 0.228 e. The summed E-state index contributed by atoms with van der Waals surface area (Å²) in [7, 11) is 2.08. The maximum atomic E-state index is 13.5. The van der Waals surface area contributed by atoms with Crippen molar-refractivity contribution in [1.29, 1.82) is 0 Å². The Kier molecular flexibility index (Phi) is 5.28. The molecule has 2 aromatic carbocycles.